The van der Waals surface area contributed by atoms with Crippen LogP contribution in [0.5, 0.6) is 6.01 Å². The van der Waals surface area contributed by atoms with Gasteiger partial charge in [-0.1, -0.05) is 17.7 Å². The average molecular weight is 643 g/mol. The lowest BCUT2D eigenvalue weighted by Gasteiger charge is -2.31. The Bertz CT molecular complexity index is 1830. The second kappa shape index (κ2) is 11.2. The fourth-order valence-electron chi connectivity index (χ4n) is 7.16. The highest BCUT2D eigenvalue weighted by Gasteiger charge is 2.49. The standard InChI is InChI=1S/C31H30ClF3N6O2S/c1-37-26-23-18(6-7-21(34)27(23)44-28(26)36)22-20(32)11-19-25(24(22)35)38-30(39-29(19)40-9-3-2-5-17(42)14-40)43-15-31-8-4-10-41(31)13-16(33)12-31/h6-7,11,16-17,42H,2-5,8-10,12-15,36H2/t16-,17-,31+/m1/s1. The van der Waals surface area contributed by atoms with Gasteiger partial charge in [-0.15, -0.1) is 11.3 Å². The molecule has 3 aliphatic heterocycles. The van der Waals surface area contributed by atoms with E-state index in [1.807, 2.05) is 4.90 Å². The lowest BCUT2D eigenvalue weighted by molar-refractivity contribution is 0.107. The molecular formula is C31H30ClF3N6O2S. The molecule has 7 rings (SSSR count). The maximum atomic E-state index is 16.8. The van der Waals surface area contributed by atoms with Gasteiger partial charge in [0.25, 0.3) is 0 Å². The first kappa shape index (κ1) is 29.3. The molecule has 13 heteroatoms. The van der Waals surface area contributed by atoms with E-state index < -0.39 is 29.4 Å². The molecule has 0 aliphatic carbocycles. The second-order valence-electron chi connectivity index (χ2n) is 12.0. The van der Waals surface area contributed by atoms with Crippen molar-refractivity contribution in [2.45, 2.75) is 56.3 Å². The first-order valence-electron chi connectivity index (χ1n) is 14.7. The number of aliphatic hydroxyl groups excluding tert-OH is 1. The molecular weight excluding hydrogens is 613 g/mol. The van der Waals surface area contributed by atoms with Gasteiger partial charge in [-0.2, -0.15) is 9.97 Å². The van der Waals surface area contributed by atoms with E-state index in [1.54, 1.807) is 6.07 Å². The fraction of sp³-hybridized carbons (Fsp3) is 0.452. The number of anilines is 2. The summed E-state index contributed by atoms with van der Waals surface area (Å²) in [6.45, 7) is 9.82. The topological polar surface area (TPSA) is 92.1 Å². The van der Waals surface area contributed by atoms with Crippen molar-refractivity contribution in [1.82, 2.24) is 14.9 Å². The maximum absolute atomic E-state index is 16.8. The van der Waals surface area contributed by atoms with Crippen LogP contribution in [0.2, 0.25) is 5.02 Å². The van der Waals surface area contributed by atoms with Crippen LogP contribution >= 0.6 is 22.9 Å². The first-order chi connectivity index (χ1) is 21.2. The summed E-state index contributed by atoms with van der Waals surface area (Å²) in [6, 6.07) is 4.09. The largest absolute Gasteiger partial charge is 0.461 e. The number of rotatable bonds is 5. The average Bonchev–Trinajstić information content (AvgIpc) is 3.57. The zero-order valence-corrected chi connectivity index (χ0v) is 25.3. The number of nitrogens with zero attached hydrogens (tertiary/aromatic N) is 5. The van der Waals surface area contributed by atoms with Gasteiger partial charge in [-0.05, 0) is 56.3 Å². The highest BCUT2D eigenvalue weighted by atomic mass is 35.5. The first-order valence-corrected chi connectivity index (χ1v) is 15.9. The van der Waals surface area contributed by atoms with Crippen LogP contribution in [0.25, 0.3) is 37.0 Å². The van der Waals surface area contributed by atoms with Crippen LogP contribution in [-0.2, 0) is 0 Å². The smallest absolute Gasteiger partial charge is 0.319 e. The third kappa shape index (κ3) is 4.81. The number of aliphatic hydroxyl groups is 1. The minimum absolute atomic E-state index is 0.0259. The number of fused-ring (bicyclic) bond motifs is 3. The fourth-order valence-corrected chi connectivity index (χ4v) is 8.40. The van der Waals surface area contributed by atoms with Crippen molar-refractivity contribution in [2.24, 2.45) is 0 Å². The number of ether oxygens (including phenoxy) is 1. The van der Waals surface area contributed by atoms with Crippen molar-refractivity contribution in [1.29, 1.82) is 0 Å². The molecule has 2 aromatic heterocycles. The summed E-state index contributed by atoms with van der Waals surface area (Å²) in [5.41, 5.74) is 5.72. The summed E-state index contributed by atoms with van der Waals surface area (Å²) < 4.78 is 52.4. The summed E-state index contributed by atoms with van der Waals surface area (Å²) in [6.07, 6.45) is 2.82. The minimum Gasteiger partial charge on any atom is -0.461 e. The Labute approximate surface area is 261 Å². The number of hydrogen-bond acceptors (Lipinski definition) is 8. The third-order valence-electron chi connectivity index (χ3n) is 9.19. The number of alkyl halides is 1. The molecule has 0 amide bonds. The molecule has 3 saturated heterocycles. The van der Waals surface area contributed by atoms with Crippen molar-refractivity contribution in [3.63, 3.8) is 0 Å². The van der Waals surface area contributed by atoms with Crippen molar-refractivity contribution >= 4 is 60.4 Å². The maximum Gasteiger partial charge on any atom is 0.319 e. The molecule has 3 atom stereocenters. The molecule has 0 bridgehead atoms. The number of thiophene rings is 1. The monoisotopic (exact) mass is 642 g/mol. The van der Waals surface area contributed by atoms with Gasteiger partial charge in [0.15, 0.2) is 5.82 Å². The summed E-state index contributed by atoms with van der Waals surface area (Å²) in [5, 5.41) is 11.3. The lowest BCUT2D eigenvalue weighted by Crippen LogP contribution is -2.43. The molecule has 2 aromatic carbocycles. The quantitative estimate of drug-likeness (QED) is 0.229. The summed E-state index contributed by atoms with van der Waals surface area (Å²) in [7, 11) is 0. The van der Waals surface area contributed by atoms with Gasteiger partial charge in [0.1, 0.15) is 29.9 Å². The lowest BCUT2D eigenvalue weighted by atomic mass is 9.95. The molecule has 3 N–H and O–H groups in total. The van der Waals surface area contributed by atoms with E-state index in [0.29, 0.717) is 37.1 Å². The van der Waals surface area contributed by atoms with Gasteiger partial charge in [-0.3, -0.25) is 4.90 Å². The molecule has 3 fully saturated rings. The van der Waals surface area contributed by atoms with Crippen LogP contribution in [0.4, 0.5) is 29.7 Å². The number of nitrogens with two attached hydrogens (primary N) is 1. The van der Waals surface area contributed by atoms with Crippen LogP contribution in [0.3, 0.4) is 0 Å². The van der Waals surface area contributed by atoms with Gasteiger partial charge in [0, 0.05) is 42.4 Å². The third-order valence-corrected chi connectivity index (χ3v) is 10.5. The van der Waals surface area contributed by atoms with E-state index >= 15 is 4.39 Å². The highest BCUT2D eigenvalue weighted by molar-refractivity contribution is 7.23. The van der Waals surface area contributed by atoms with E-state index in [0.717, 1.165) is 43.6 Å². The van der Waals surface area contributed by atoms with Crippen LogP contribution in [-0.4, -0.2) is 70.6 Å². The van der Waals surface area contributed by atoms with Crippen molar-refractivity contribution < 1.29 is 23.0 Å². The molecule has 44 heavy (non-hydrogen) atoms. The molecule has 0 saturated carbocycles. The van der Waals surface area contributed by atoms with Crippen molar-refractivity contribution in [3.8, 4) is 17.1 Å². The van der Waals surface area contributed by atoms with E-state index in [2.05, 4.69) is 14.7 Å². The number of benzene rings is 2. The minimum atomic E-state index is -0.938. The molecule has 4 aromatic rings. The summed E-state index contributed by atoms with van der Waals surface area (Å²) in [5.74, 6) is -0.981. The highest BCUT2D eigenvalue weighted by Crippen LogP contribution is 2.49. The van der Waals surface area contributed by atoms with Crippen LogP contribution < -0.4 is 15.4 Å². The van der Waals surface area contributed by atoms with Gasteiger partial charge < -0.3 is 20.5 Å². The second-order valence-corrected chi connectivity index (χ2v) is 13.4. The van der Waals surface area contributed by atoms with Crippen molar-refractivity contribution in [3.05, 3.63) is 46.3 Å². The van der Waals surface area contributed by atoms with Crippen LogP contribution in [0.15, 0.2) is 18.2 Å². The van der Waals surface area contributed by atoms with Crippen LogP contribution in [0, 0.1) is 18.2 Å². The van der Waals surface area contributed by atoms with E-state index in [-0.39, 0.29) is 61.6 Å². The molecule has 8 nitrogen and oxygen atoms in total. The number of aromatic nitrogens is 2. The van der Waals surface area contributed by atoms with E-state index in [4.69, 9.17) is 33.6 Å². The zero-order chi connectivity index (χ0) is 30.7. The zero-order valence-electron chi connectivity index (χ0n) is 23.8. The van der Waals surface area contributed by atoms with Gasteiger partial charge in [-0.25, -0.2) is 18.0 Å². The SMILES string of the molecule is [C-]#[N+]c1c(N)sc2c(F)ccc(-c3c(Cl)cc4c(N5CCCC[C@@H](O)C5)nc(OC[C@@]56CCCN5C[C@H](F)C6)nc4c3F)c12. The number of nitrogen functional groups attached to an aromatic ring is 1. The van der Waals surface area contributed by atoms with Crippen molar-refractivity contribution in [2.75, 3.05) is 43.4 Å². The number of halogens is 4. The Morgan fingerprint density at radius 3 is 2.86 bits per heavy atom. The summed E-state index contributed by atoms with van der Waals surface area (Å²) in [4.78, 5) is 16.7. The van der Waals surface area contributed by atoms with Gasteiger partial charge in [0.05, 0.1) is 32.9 Å². The van der Waals surface area contributed by atoms with Crippen LogP contribution in [0.1, 0.15) is 38.5 Å². The molecule has 3 aliphatic rings. The molecule has 230 valence electrons. The Balaban J connectivity index is 1.40. The number of hydrogen-bond donors (Lipinski definition) is 2. The predicted molar refractivity (Wildman–Crippen MR) is 167 cm³/mol. The van der Waals surface area contributed by atoms with E-state index in [1.165, 1.54) is 12.1 Å². The predicted octanol–water partition coefficient (Wildman–Crippen LogP) is 6.88. The Hall–Kier alpha value is -3.37. The van der Waals surface area contributed by atoms with Gasteiger partial charge >= 0.3 is 6.01 Å². The molecule has 0 radical (unpaired) electrons. The Kier molecular flexibility index (Phi) is 7.48. The Morgan fingerprint density at radius 1 is 1.20 bits per heavy atom. The molecule has 5 heterocycles. The van der Waals surface area contributed by atoms with Gasteiger partial charge in [0.2, 0.25) is 5.69 Å². The normalized spacial score (nSPS) is 24.1. The Morgan fingerprint density at radius 2 is 2.05 bits per heavy atom. The van der Waals surface area contributed by atoms with E-state index in [9.17, 15) is 13.9 Å². The molecule has 0 spiro atoms. The summed E-state index contributed by atoms with van der Waals surface area (Å²) >= 11 is 7.71. The molecule has 0 unspecified atom stereocenters. The number of β-amino-alcohol motifs (C(OH)–C–C–N with tert-alkyl or cyclic N) is 1.